The van der Waals surface area contributed by atoms with Crippen molar-refractivity contribution in [1.29, 1.82) is 0 Å². The summed E-state index contributed by atoms with van der Waals surface area (Å²) in [5.74, 6) is 0.373. The number of carbonyl (C=O) groups excluding carboxylic acids is 2. The van der Waals surface area contributed by atoms with E-state index < -0.39 is 6.04 Å². The Bertz CT molecular complexity index is 743. The number of amides is 2. The normalized spacial score (nSPS) is 17.4. The van der Waals surface area contributed by atoms with Crippen molar-refractivity contribution in [3.05, 3.63) is 60.2 Å². The Morgan fingerprint density at radius 3 is 2.36 bits per heavy atom. The molecule has 1 aliphatic rings. The van der Waals surface area contributed by atoms with Crippen LogP contribution < -0.4 is 9.64 Å². The van der Waals surface area contributed by atoms with E-state index in [0.717, 1.165) is 5.56 Å². The van der Waals surface area contributed by atoms with E-state index in [0.29, 0.717) is 24.5 Å². The summed E-state index contributed by atoms with van der Waals surface area (Å²) in [6.07, 6.45) is 0.214. The lowest BCUT2D eigenvalue weighted by Crippen LogP contribution is -2.41. The predicted octanol–water partition coefficient (Wildman–Crippen LogP) is 2.85. The van der Waals surface area contributed by atoms with Crippen molar-refractivity contribution in [1.82, 2.24) is 4.90 Å². The zero-order valence-electron chi connectivity index (χ0n) is 14.5. The van der Waals surface area contributed by atoms with E-state index >= 15 is 0 Å². The molecule has 1 heterocycles. The van der Waals surface area contributed by atoms with Crippen molar-refractivity contribution in [2.75, 3.05) is 18.6 Å². The smallest absolute Gasteiger partial charge is 0.251 e. The Morgan fingerprint density at radius 1 is 1.08 bits per heavy atom. The van der Waals surface area contributed by atoms with Crippen LogP contribution in [0.4, 0.5) is 5.69 Å². The van der Waals surface area contributed by atoms with E-state index in [-0.39, 0.29) is 18.2 Å². The van der Waals surface area contributed by atoms with Crippen LogP contribution in [0.5, 0.6) is 5.75 Å². The van der Waals surface area contributed by atoms with Crippen LogP contribution in [0, 0.1) is 0 Å². The number of carbonyl (C=O) groups is 2. The molecule has 2 aromatic carbocycles. The molecule has 3 rings (SSSR count). The molecule has 1 saturated heterocycles. The van der Waals surface area contributed by atoms with E-state index in [1.807, 2.05) is 37.3 Å². The number of imide groups is 1. The van der Waals surface area contributed by atoms with Gasteiger partial charge in [-0.15, -0.1) is 0 Å². The zero-order chi connectivity index (χ0) is 17.8. The van der Waals surface area contributed by atoms with Gasteiger partial charge in [-0.25, -0.2) is 4.90 Å². The van der Waals surface area contributed by atoms with Gasteiger partial charge >= 0.3 is 0 Å². The van der Waals surface area contributed by atoms with Crippen LogP contribution in [-0.2, 0) is 16.1 Å². The largest absolute Gasteiger partial charge is 0.497 e. The summed E-state index contributed by atoms with van der Waals surface area (Å²) in [5.41, 5.74) is 1.72. The van der Waals surface area contributed by atoms with Crippen molar-refractivity contribution in [2.24, 2.45) is 0 Å². The molecule has 2 amide bonds. The third-order valence-corrected chi connectivity index (χ3v) is 4.53. The number of methoxy groups -OCH3 is 1. The molecular formula is C20H22N2O3. The van der Waals surface area contributed by atoms with Gasteiger partial charge in [-0.2, -0.15) is 0 Å². The highest BCUT2D eigenvalue weighted by Gasteiger charge is 2.42. The van der Waals surface area contributed by atoms with Crippen LogP contribution in [-0.4, -0.2) is 36.4 Å². The summed E-state index contributed by atoms with van der Waals surface area (Å²) in [7, 11) is 1.58. The number of hydrogen-bond donors (Lipinski definition) is 0. The van der Waals surface area contributed by atoms with E-state index in [4.69, 9.17) is 4.74 Å². The quantitative estimate of drug-likeness (QED) is 0.760. The van der Waals surface area contributed by atoms with E-state index in [9.17, 15) is 9.59 Å². The van der Waals surface area contributed by atoms with Crippen LogP contribution in [0.2, 0.25) is 0 Å². The summed E-state index contributed by atoms with van der Waals surface area (Å²) >= 11 is 0. The van der Waals surface area contributed by atoms with Crippen LogP contribution in [0.15, 0.2) is 54.6 Å². The SMILES string of the molecule is CCN(Cc1ccccc1)[C@@H]1CC(=O)N(c2ccc(OC)cc2)C1=O. The van der Waals surface area contributed by atoms with Gasteiger partial charge in [0.25, 0.3) is 5.91 Å². The molecule has 1 aliphatic heterocycles. The summed E-state index contributed by atoms with van der Waals surface area (Å²) in [6.45, 7) is 3.36. The highest BCUT2D eigenvalue weighted by molar-refractivity contribution is 6.22. The molecule has 5 nitrogen and oxygen atoms in total. The first-order valence-electron chi connectivity index (χ1n) is 8.43. The van der Waals surface area contributed by atoms with Gasteiger partial charge in [0.1, 0.15) is 5.75 Å². The molecule has 1 fully saturated rings. The number of nitrogens with zero attached hydrogens (tertiary/aromatic N) is 2. The van der Waals surface area contributed by atoms with Gasteiger partial charge in [-0.05, 0) is 36.4 Å². The highest BCUT2D eigenvalue weighted by atomic mass is 16.5. The summed E-state index contributed by atoms with van der Waals surface area (Å²) in [5, 5.41) is 0. The van der Waals surface area contributed by atoms with Crippen molar-refractivity contribution in [2.45, 2.75) is 25.9 Å². The second-order valence-electron chi connectivity index (χ2n) is 6.03. The van der Waals surface area contributed by atoms with Crippen molar-refractivity contribution < 1.29 is 14.3 Å². The van der Waals surface area contributed by atoms with Crippen LogP contribution in [0.3, 0.4) is 0 Å². The fourth-order valence-corrected chi connectivity index (χ4v) is 3.16. The van der Waals surface area contributed by atoms with Crippen LogP contribution in [0.25, 0.3) is 0 Å². The van der Waals surface area contributed by atoms with Crippen LogP contribution >= 0.6 is 0 Å². The average Bonchev–Trinajstić information content (AvgIpc) is 2.95. The third-order valence-electron chi connectivity index (χ3n) is 4.53. The van der Waals surface area contributed by atoms with Gasteiger partial charge in [0.2, 0.25) is 5.91 Å². The summed E-state index contributed by atoms with van der Waals surface area (Å²) in [6, 6.07) is 16.6. The second kappa shape index (κ2) is 7.49. The standard InChI is InChI=1S/C20H22N2O3/c1-3-21(14-15-7-5-4-6-8-15)18-13-19(23)22(20(18)24)16-9-11-17(25-2)12-10-16/h4-12,18H,3,13-14H2,1-2H3/t18-/m1/s1. The molecule has 0 aliphatic carbocycles. The molecular weight excluding hydrogens is 316 g/mol. The Kier molecular flexibility index (Phi) is 5.14. The maximum absolute atomic E-state index is 12.9. The molecule has 0 N–H and O–H groups in total. The molecule has 0 bridgehead atoms. The highest BCUT2D eigenvalue weighted by Crippen LogP contribution is 2.28. The predicted molar refractivity (Wildman–Crippen MR) is 96.4 cm³/mol. The molecule has 1 atom stereocenters. The Morgan fingerprint density at radius 2 is 1.76 bits per heavy atom. The van der Waals surface area contributed by atoms with Gasteiger partial charge < -0.3 is 4.74 Å². The van der Waals surface area contributed by atoms with Crippen LogP contribution in [0.1, 0.15) is 18.9 Å². The van der Waals surface area contributed by atoms with E-state index in [1.165, 1.54) is 4.90 Å². The fraction of sp³-hybridized carbons (Fsp3) is 0.300. The molecule has 130 valence electrons. The summed E-state index contributed by atoms with van der Waals surface area (Å²) < 4.78 is 5.13. The lowest BCUT2D eigenvalue weighted by molar-refractivity contribution is -0.123. The minimum Gasteiger partial charge on any atom is -0.497 e. The molecule has 5 heteroatoms. The number of rotatable bonds is 6. The van der Waals surface area contributed by atoms with Gasteiger partial charge in [-0.3, -0.25) is 14.5 Å². The minimum atomic E-state index is -0.417. The Hall–Kier alpha value is -2.66. The molecule has 0 saturated carbocycles. The number of hydrogen-bond acceptors (Lipinski definition) is 4. The maximum atomic E-state index is 12.9. The first-order chi connectivity index (χ1) is 12.1. The molecule has 2 aromatic rings. The van der Waals surface area contributed by atoms with Crippen molar-refractivity contribution >= 4 is 17.5 Å². The monoisotopic (exact) mass is 338 g/mol. The van der Waals surface area contributed by atoms with Gasteiger partial charge in [0, 0.05) is 6.54 Å². The van der Waals surface area contributed by atoms with Crippen molar-refractivity contribution in [3.8, 4) is 5.75 Å². The molecule has 25 heavy (non-hydrogen) atoms. The second-order valence-corrected chi connectivity index (χ2v) is 6.03. The van der Waals surface area contributed by atoms with E-state index in [1.54, 1.807) is 31.4 Å². The Labute approximate surface area is 147 Å². The van der Waals surface area contributed by atoms with Gasteiger partial charge in [0.05, 0.1) is 25.3 Å². The lowest BCUT2D eigenvalue weighted by atomic mass is 10.1. The minimum absolute atomic E-state index is 0.159. The topological polar surface area (TPSA) is 49.9 Å². The zero-order valence-corrected chi connectivity index (χ0v) is 14.5. The number of ether oxygens (including phenoxy) is 1. The van der Waals surface area contributed by atoms with E-state index in [2.05, 4.69) is 4.90 Å². The van der Waals surface area contributed by atoms with Crippen molar-refractivity contribution in [3.63, 3.8) is 0 Å². The molecule has 0 unspecified atom stereocenters. The number of anilines is 1. The number of likely N-dealkylation sites (N-methyl/N-ethyl adjacent to an activating group) is 1. The van der Waals surface area contributed by atoms with Gasteiger partial charge in [-0.1, -0.05) is 37.3 Å². The average molecular weight is 338 g/mol. The Balaban J connectivity index is 1.79. The third kappa shape index (κ3) is 3.56. The first-order valence-corrected chi connectivity index (χ1v) is 8.43. The molecule has 0 radical (unpaired) electrons. The first kappa shape index (κ1) is 17.2. The van der Waals surface area contributed by atoms with Gasteiger partial charge in [0.15, 0.2) is 0 Å². The lowest BCUT2D eigenvalue weighted by Gasteiger charge is -2.26. The fourth-order valence-electron chi connectivity index (χ4n) is 3.16. The summed E-state index contributed by atoms with van der Waals surface area (Å²) in [4.78, 5) is 28.7. The molecule has 0 aromatic heterocycles. The maximum Gasteiger partial charge on any atom is 0.251 e. The molecule has 0 spiro atoms. The number of benzene rings is 2.